The number of piperidine rings is 1. The average Bonchev–Trinajstić information content (AvgIpc) is 2.91. The number of hydrogen-bond donors (Lipinski definition) is 1. The standard InChI is InChI=1S/C18H23N3O2S.ClH/c1-12-8-13-4-3-5-17(18(13)19-11-12)24(22,23)21(2)16-9-14-6-7-15(10-16)20-14;/h3-5,8,11,14-16,20H,6-7,9-10H2,1-2H3;1H. The van der Waals surface area contributed by atoms with Gasteiger partial charge in [0.25, 0.3) is 0 Å². The van der Waals surface area contributed by atoms with Gasteiger partial charge in [-0.15, -0.1) is 12.4 Å². The number of aromatic nitrogens is 1. The zero-order valence-electron chi connectivity index (χ0n) is 14.5. The summed E-state index contributed by atoms with van der Waals surface area (Å²) >= 11 is 0. The number of fused-ring (bicyclic) bond motifs is 3. The number of pyridine rings is 1. The van der Waals surface area contributed by atoms with Gasteiger partial charge in [0, 0.05) is 36.8 Å². The first kappa shape index (κ1) is 18.6. The van der Waals surface area contributed by atoms with Crippen molar-refractivity contribution in [2.45, 2.75) is 55.6 Å². The quantitative estimate of drug-likeness (QED) is 0.887. The van der Waals surface area contributed by atoms with Crippen LogP contribution in [-0.2, 0) is 10.0 Å². The highest BCUT2D eigenvalue weighted by Crippen LogP contribution is 2.33. The van der Waals surface area contributed by atoms with Crippen LogP contribution in [0.25, 0.3) is 10.9 Å². The van der Waals surface area contributed by atoms with Gasteiger partial charge >= 0.3 is 0 Å². The first-order valence-electron chi connectivity index (χ1n) is 8.54. The number of sulfonamides is 1. The van der Waals surface area contributed by atoms with E-state index >= 15 is 0 Å². The number of para-hydroxylation sites is 1. The van der Waals surface area contributed by atoms with Gasteiger partial charge in [-0.2, -0.15) is 4.31 Å². The summed E-state index contributed by atoms with van der Waals surface area (Å²) in [6.45, 7) is 1.96. The number of aryl methyl sites for hydroxylation is 1. The third-order valence-electron chi connectivity index (χ3n) is 5.43. The van der Waals surface area contributed by atoms with Crippen LogP contribution in [0.15, 0.2) is 35.4 Å². The molecule has 2 atom stereocenters. The van der Waals surface area contributed by atoms with Crippen molar-refractivity contribution < 1.29 is 8.42 Å². The molecule has 25 heavy (non-hydrogen) atoms. The van der Waals surface area contributed by atoms with E-state index in [1.165, 1.54) is 0 Å². The lowest BCUT2D eigenvalue weighted by Crippen LogP contribution is -2.48. The van der Waals surface area contributed by atoms with Crippen molar-refractivity contribution in [3.63, 3.8) is 0 Å². The Morgan fingerprint density at radius 3 is 2.56 bits per heavy atom. The minimum Gasteiger partial charge on any atom is -0.311 e. The third kappa shape index (κ3) is 3.28. The monoisotopic (exact) mass is 381 g/mol. The summed E-state index contributed by atoms with van der Waals surface area (Å²) in [5, 5.41) is 4.44. The van der Waals surface area contributed by atoms with E-state index in [-0.39, 0.29) is 18.4 Å². The molecule has 7 heteroatoms. The van der Waals surface area contributed by atoms with Crippen molar-refractivity contribution in [2.75, 3.05) is 7.05 Å². The molecule has 1 aromatic heterocycles. The maximum Gasteiger partial charge on any atom is 0.245 e. The highest BCUT2D eigenvalue weighted by atomic mass is 35.5. The van der Waals surface area contributed by atoms with Gasteiger partial charge in [0.05, 0.1) is 5.52 Å². The molecule has 0 spiro atoms. The van der Waals surface area contributed by atoms with Crippen LogP contribution >= 0.6 is 12.4 Å². The summed E-state index contributed by atoms with van der Waals surface area (Å²) in [6.07, 6.45) is 5.83. The maximum absolute atomic E-state index is 13.2. The molecule has 1 N–H and O–H groups in total. The summed E-state index contributed by atoms with van der Waals surface area (Å²) in [5.74, 6) is 0. The van der Waals surface area contributed by atoms with Crippen LogP contribution in [0.4, 0.5) is 0 Å². The highest BCUT2D eigenvalue weighted by molar-refractivity contribution is 7.89. The zero-order valence-corrected chi connectivity index (χ0v) is 16.1. The van der Waals surface area contributed by atoms with Crippen LogP contribution in [0, 0.1) is 6.92 Å². The molecule has 5 nitrogen and oxygen atoms in total. The van der Waals surface area contributed by atoms with Crippen molar-refractivity contribution in [1.82, 2.24) is 14.6 Å². The van der Waals surface area contributed by atoms with Crippen molar-refractivity contribution in [1.29, 1.82) is 0 Å². The fourth-order valence-corrected chi connectivity index (χ4v) is 5.67. The van der Waals surface area contributed by atoms with E-state index in [4.69, 9.17) is 0 Å². The van der Waals surface area contributed by atoms with Crippen LogP contribution in [0.5, 0.6) is 0 Å². The lowest BCUT2D eigenvalue weighted by Gasteiger charge is -2.34. The zero-order chi connectivity index (χ0) is 16.9. The Labute approximate surface area is 155 Å². The van der Waals surface area contributed by atoms with E-state index in [2.05, 4.69) is 10.3 Å². The largest absolute Gasteiger partial charge is 0.311 e. The van der Waals surface area contributed by atoms with E-state index < -0.39 is 10.0 Å². The molecule has 136 valence electrons. The second-order valence-corrected chi connectivity index (χ2v) is 9.09. The summed E-state index contributed by atoms with van der Waals surface area (Å²) in [4.78, 5) is 4.71. The molecular weight excluding hydrogens is 358 g/mol. The molecule has 2 aliphatic rings. The predicted octanol–water partition coefficient (Wildman–Crippen LogP) is 2.87. The molecule has 0 radical (unpaired) electrons. The van der Waals surface area contributed by atoms with Crippen LogP contribution in [0.1, 0.15) is 31.2 Å². The lowest BCUT2D eigenvalue weighted by atomic mass is 10.0. The Kier molecular flexibility index (Phi) is 5.08. The summed E-state index contributed by atoms with van der Waals surface area (Å²) in [6, 6.07) is 8.35. The molecule has 2 aliphatic heterocycles. The van der Waals surface area contributed by atoms with Gasteiger partial charge in [0.2, 0.25) is 10.0 Å². The number of nitrogens with one attached hydrogen (secondary N) is 1. The second kappa shape index (κ2) is 6.83. The second-order valence-electron chi connectivity index (χ2n) is 7.12. The Morgan fingerprint density at radius 2 is 1.88 bits per heavy atom. The van der Waals surface area contributed by atoms with Crippen molar-refractivity contribution in [3.8, 4) is 0 Å². The van der Waals surface area contributed by atoms with Gasteiger partial charge in [-0.1, -0.05) is 12.1 Å². The molecule has 4 rings (SSSR count). The smallest absolute Gasteiger partial charge is 0.245 e. The molecule has 0 aliphatic carbocycles. The molecule has 2 aromatic rings. The Hall–Kier alpha value is -1.21. The van der Waals surface area contributed by atoms with Gasteiger partial charge < -0.3 is 5.32 Å². The van der Waals surface area contributed by atoms with Crippen LogP contribution in [0.3, 0.4) is 0 Å². The first-order chi connectivity index (χ1) is 11.4. The Balaban J connectivity index is 0.00000182. The average molecular weight is 382 g/mol. The minimum atomic E-state index is -3.55. The van der Waals surface area contributed by atoms with Crippen molar-refractivity contribution in [2.24, 2.45) is 0 Å². The molecule has 3 heterocycles. The van der Waals surface area contributed by atoms with E-state index in [0.29, 0.717) is 22.5 Å². The Bertz CT molecular complexity index is 875. The molecule has 2 unspecified atom stereocenters. The van der Waals surface area contributed by atoms with Gasteiger partial charge in [-0.3, -0.25) is 4.98 Å². The van der Waals surface area contributed by atoms with Crippen LogP contribution in [-0.4, -0.2) is 42.9 Å². The first-order valence-corrected chi connectivity index (χ1v) is 9.98. The SMILES string of the molecule is Cc1cnc2c(S(=O)(=O)N(C)C3CC4CCC(C3)N4)cccc2c1.Cl. The molecule has 0 saturated carbocycles. The van der Waals surface area contributed by atoms with Crippen LogP contribution < -0.4 is 5.32 Å². The number of halogens is 1. The predicted molar refractivity (Wildman–Crippen MR) is 102 cm³/mol. The number of hydrogen-bond acceptors (Lipinski definition) is 4. The highest BCUT2D eigenvalue weighted by Gasteiger charge is 2.39. The number of nitrogens with zero attached hydrogens (tertiary/aromatic N) is 2. The molecule has 2 fully saturated rings. The van der Waals surface area contributed by atoms with Gasteiger partial charge in [0.1, 0.15) is 4.90 Å². The van der Waals surface area contributed by atoms with E-state index in [0.717, 1.165) is 36.6 Å². The van der Waals surface area contributed by atoms with E-state index in [1.54, 1.807) is 29.7 Å². The normalized spacial score (nSPS) is 26.0. The fraction of sp³-hybridized carbons (Fsp3) is 0.500. The topological polar surface area (TPSA) is 62.3 Å². The Morgan fingerprint density at radius 1 is 1.20 bits per heavy atom. The molecular formula is C18H24ClN3O2S. The molecule has 2 saturated heterocycles. The van der Waals surface area contributed by atoms with Gasteiger partial charge in [0.15, 0.2) is 0 Å². The maximum atomic E-state index is 13.2. The fourth-order valence-electron chi connectivity index (χ4n) is 4.13. The van der Waals surface area contributed by atoms with E-state index in [9.17, 15) is 8.42 Å². The van der Waals surface area contributed by atoms with Gasteiger partial charge in [-0.05, 0) is 50.3 Å². The molecule has 1 aromatic carbocycles. The van der Waals surface area contributed by atoms with Crippen LogP contribution in [0.2, 0.25) is 0 Å². The molecule has 0 amide bonds. The van der Waals surface area contributed by atoms with Crippen molar-refractivity contribution in [3.05, 3.63) is 36.0 Å². The van der Waals surface area contributed by atoms with Gasteiger partial charge in [-0.25, -0.2) is 8.42 Å². The van der Waals surface area contributed by atoms with E-state index in [1.807, 2.05) is 19.1 Å². The van der Waals surface area contributed by atoms with Crippen molar-refractivity contribution >= 4 is 33.3 Å². The summed E-state index contributed by atoms with van der Waals surface area (Å²) < 4.78 is 28.0. The number of benzene rings is 1. The summed E-state index contributed by atoms with van der Waals surface area (Å²) in [5.41, 5.74) is 1.59. The summed E-state index contributed by atoms with van der Waals surface area (Å²) in [7, 11) is -1.83. The third-order valence-corrected chi connectivity index (χ3v) is 7.37. The number of rotatable bonds is 3. The molecule has 2 bridgehead atoms. The lowest BCUT2D eigenvalue weighted by molar-refractivity contribution is 0.251. The minimum absolute atomic E-state index is 0.